The van der Waals surface area contributed by atoms with E-state index in [9.17, 15) is 24.5 Å². The van der Waals surface area contributed by atoms with Crippen molar-refractivity contribution in [2.75, 3.05) is 40.5 Å². The number of nitrogens with zero attached hydrogens (tertiary/aromatic N) is 2. The molecule has 0 fully saturated rings. The highest BCUT2D eigenvalue weighted by molar-refractivity contribution is 5.88. The smallest absolute Gasteiger partial charge is 0.328 e. The molecule has 1 unspecified atom stereocenters. The molecule has 1 rings (SSSR count). The fourth-order valence-electron chi connectivity index (χ4n) is 2.19. The molecule has 0 saturated carbocycles. The summed E-state index contributed by atoms with van der Waals surface area (Å²) in [7, 11) is 2.80. The second-order valence-electron chi connectivity index (χ2n) is 6.81. The van der Waals surface area contributed by atoms with Crippen LogP contribution in [0.3, 0.4) is 0 Å². The van der Waals surface area contributed by atoms with Gasteiger partial charge in [-0.3, -0.25) is 9.59 Å². The summed E-state index contributed by atoms with van der Waals surface area (Å²) in [6.07, 6.45) is 2.23. The molecule has 0 radical (unpaired) electrons. The van der Waals surface area contributed by atoms with Crippen LogP contribution in [-0.4, -0.2) is 75.3 Å². The molecule has 14 heteroatoms. The molecule has 1 aromatic rings. The van der Waals surface area contributed by atoms with Crippen molar-refractivity contribution in [2.45, 2.75) is 25.8 Å². The Balaban J connectivity index is 0. The Hall–Kier alpha value is -4.04. The number of hydrogen-bond donors (Lipinski definition) is 5. The number of ether oxygens (including phenoxy) is 2. The van der Waals surface area contributed by atoms with E-state index in [1.165, 1.54) is 5.56 Å². The Morgan fingerprint density at radius 3 is 2.25 bits per heavy atom. The Labute approximate surface area is 210 Å². The molecule has 0 bridgehead atoms. The summed E-state index contributed by atoms with van der Waals surface area (Å²) in [5.74, 6) is -2.14. The summed E-state index contributed by atoms with van der Waals surface area (Å²) < 4.78 is 9.14. The largest absolute Gasteiger partial charge is 0.467 e. The van der Waals surface area contributed by atoms with Crippen LogP contribution in [-0.2, 0) is 23.9 Å². The minimum Gasteiger partial charge on any atom is -0.467 e. The highest BCUT2D eigenvalue weighted by atomic mass is 16.7. The molecule has 202 valence electrons. The minimum absolute atomic E-state index is 0.183. The van der Waals surface area contributed by atoms with Gasteiger partial charge in [0.15, 0.2) is 5.03 Å². The summed E-state index contributed by atoms with van der Waals surface area (Å²) in [5, 5.41) is 19.1. The SMILES string of the molecule is C=CCOC.COC(=O)C(CCCN/C(N)=N\[N+](=O)[O-])NC(=O)CNC(=O)CN.Cc1ccccc1. The highest BCUT2D eigenvalue weighted by Crippen LogP contribution is 1.99. The first-order valence-electron chi connectivity index (χ1n) is 10.8. The van der Waals surface area contributed by atoms with E-state index < -0.39 is 28.9 Å². The zero-order chi connectivity index (χ0) is 27.8. The molecular weight excluding hydrogens is 474 g/mol. The van der Waals surface area contributed by atoms with E-state index in [-0.39, 0.29) is 32.0 Å². The Kier molecular flexibility index (Phi) is 21.6. The Morgan fingerprint density at radius 2 is 1.83 bits per heavy atom. The predicted octanol–water partition coefficient (Wildman–Crippen LogP) is -0.591. The molecule has 2 amide bonds. The standard InChI is InChI=1S/C11H21N7O6.C7H8.C4H8O/c1-24-10(21)7(16-9(20)6-15-8(19)5-12)3-2-4-14-11(13)17-18(22)23;1-7-5-3-2-4-6-7;1-3-4-5-2/h7H,2-6,12H2,1H3,(H,15,19)(H,16,20)(H3,13,14,17);2-6H,1H3;3H,1,4H2,2H3. The molecule has 0 aliphatic heterocycles. The highest BCUT2D eigenvalue weighted by Gasteiger charge is 2.21. The van der Waals surface area contributed by atoms with Gasteiger partial charge in [-0.1, -0.05) is 42.0 Å². The minimum atomic E-state index is -0.949. The number of methoxy groups -OCH3 is 2. The quantitative estimate of drug-likeness (QED) is 0.0457. The van der Waals surface area contributed by atoms with Gasteiger partial charge in [0, 0.05) is 13.7 Å². The molecular formula is C22H37N7O7. The number of hydrazone groups is 1. The molecule has 1 atom stereocenters. The number of nitrogens with one attached hydrogen (secondary N) is 3. The second kappa shape index (κ2) is 22.7. The fraction of sp³-hybridized carbons (Fsp3) is 0.455. The van der Waals surface area contributed by atoms with Crippen molar-refractivity contribution >= 4 is 23.7 Å². The van der Waals surface area contributed by atoms with Crippen LogP contribution in [0.15, 0.2) is 48.1 Å². The first-order chi connectivity index (χ1) is 17.1. The lowest BCUT2D eigenvalue weighted by molar-refractivity contribution is -0.485. The number of rotatable bonds is 12. The molecule has 0 spiro atoms. The van der Waals surface area contributed by atoms with Crippen molar-refractivity contribution in [1.29, 1.82) is 0 Å². The van der Waals surface area contributed by atoms with E-state index in [0.717, 1.165) is 7.11 Å². The maximum Gasteiger partial charge on any atom is 0.328 e. The first-order valence-corrected chi connectivity index (χ1v) is 10.8. The number of amides is 2. The number of esters is 1. The monoisotopic (exact) mass is 511 g/mol. The van der Waals surface area contributed by atoms with Crippen molar-refractivity contribution in [2.24, 2.45) is 16.6 Å². The first kappa shape index (κ1) is 34.1. The van der Waals surface area contributed by atoms with Crippen molar-refractivity contribution in [3.8, 4) is 0 Å². The summed E-state index contributed by atoms with van der Waals surface area (Å²) in [4.78, 5) is 44.3. The molecule has 0 aliphatic carbocycles. The summed E-state index contributed by atoms with van der Waals surface area (Å²) in [5.41, 5.74) is 11.6. The van der Waals surface area contributed by atoms with Crippen molar-refractivity contribution in [1.82, 2.24) is 16.0 Å². The van der Waals surface area contributed by atoms with E-state index in [1.807, 2.05) is 18.2 Å². The van der Waals surface area contributed by atoms with Crippen LogP contribution in [0.2, 0.25) is 0 Å². The normalized spacial score (nSPS) is 10.7. The molecule has 7 N–H and O–H groups in total. The molecule has 0 aromatic heterocycles. The number of aryl methyl sites for hydroxylation is 1. The number of nitro groups is 1. The van der Waals surface area contributed by atoms with Crippen LogP contribution < -0.4 is 27.4 Å². The maximum atomic E-state index is 11.7. The lowest BCUT2D eigenvalue weighted by Crippen LogP contribution is -2.47. The number of carbonyl (C=O) groups is 3. The second-order valence-corrected chi connectivity index (χ2v) is 6.81. The Morgan fingerprint density at radius 1 is 1.19 bits per heavy atom. The lowest BCUT2D eigenvalue weighted by atomic mass is 10.1. The molecule has 1 aromatic carbocycles. The third kappa shape index (κ3) is 21.8. The van der Waals surface area contributed by atoms with E-state index in [1.54, 1.807) is 13.2 Å². The van der Waals surface area contributed by atoms with Gasteiger partial charge in [0.1, 0.15) is 11.1 Å². The van der Waals surface area contributed by atoms with Crippen LogP contribution in [0.5, 0.6) is 0 Å². The number of hydrogen-bond acceptors (Lipinski definition) is 8. The van der Waals surface area contributed by atoms with E-state index in [2.05, 4.69) is 56.2 Å². The summed E-state index contributed by atoms with van der Waals surface area (Å²) >= 11 is 0. The van der Waals surface area contributed by atoms with Crippen molar-refractivity contribution in [3.05, 3.63) is 58.7 Å². The number of guanidine groups is 1. The van der Waals surface area contributed by atoms with E-state index >= 15 is 0 Å². The van der Waals surface area contributed by atoms with Gasteiger partial charge in [-0.2, -0.15) is 0 Å². The van der Waals surface area contributed by atoms with Crippen LogP contribution in [0.1, 0.15) is 18.4 Å². The molecule has 0 saturated heterocycles. The molecule has 0 heterocycles. The van der Waals surface area contributed by atoms with Crippen molar-refractivity contribution < 1.29 is 28.9 Å². The van der Waals surface area contributed by atoms with Gasteiger partial charge >= 0.3 is 5.97 Å². The van der Waals surface area contributed by atoms with E-state index in [0.29, 0.717) is 13.0 Å². The maximum absolute atomic E-state index is 11.7. The number of carbonyl (C=O) groups excluding carboxylic acids is 3. The molecule has 14 nitrogen and oxygen atoms in total. The van der Waals surface area contributed by atoms with E-state index in [4.69, 9.17) is 11.5 Å². The lowest BCUT2D eigenvalue weighted by Gasteiger charge is -2.16. The zero-order valence-electron chi connectivity index (χ0n) is 20.9. The van der Waals surface area contributed by atoms with Crippen LogP contribution >= 0.6 is 0 Å². The average Bonchev–Trinajstić information content (AvgIpc) is 2.85. The third-order valence-electron chi connectivity index (χ3n) is 3.84. The number of benzene rings is 1. The summed E-state index contributed by atoms with van der Waals surface area (Å²) in [6.45, 7) is 5.77. The topological polar surface area (TPSA) is 213 Å². The molecule has 36 heavy (non-hydrogen) atoms. The van der Waals surface area contributed by atoms with Gasteiger partial charge in [-0.25, -0.2) is 14.9 Å². The van der Waals surface area contributed by atoms with Crippen LogP contribution in [0.4, 0.5) is 0 Å². The van der Waals surface area contributed by atoms with Gasteiger partial charge in [-0.05, 0) is 19.8 Å². The predicted molar refractivity (Wildman–Crippen MR) is 135 cm³/mol. The van der Waals surface area contributed by atoms with Gasteiger partial charge in [-0.15, -0.1) is 6.58 Å². The van der Waals surface area contributed by atoms with Crippen LogP contribution in [0, 0.1) is 17.0 Å². The van der Waals surface area contributed by atoms with Crippen molar-refractivity contribution in [3.63, 3.8) is 0 Å². The number of nitrogens with two attached hydrogens (primary N) is 2. The average molecular weight is 512 g/mol. The van der Waals surface area contributed by atoms with Gasteiger partial charge in [0.25, 0.3) is 5.96 Å². The third-order valence-corrected chi connectivity index (χ3v) is 3.84. The summed E-state index contributed by atoms with van der Waals surface area (Å²) in [6, 6.07) is 9.32. The van der Waals surface area contributed by atoms with Gasteiger partial charge in [0.05, 0.1) is 26.8 Å². The zero-order valence-corrected chi connectivity index (χ0v) is 20.9. The van der Waals surface area contributed by atoms with Gasteiger partial charge in [0.2, 0.25) is 11.8 Å². The van der Waals surface area contributed by atoms with Gasteiger partial charge < -0.3 is 36.9 Å². The fourth-order valence-corrected chi connectivity index (χ4v) is 2.19. The Bertz CT molecular complexity index is 820. The molecule has 0 aliphatic rings. The van der Waals surface area contributed by atoms with Crippen LogP contribution in [0.25, 0.3) is 0 Å².